The molecule has 0 saturated heterocycles. The summed E-state index contributed by atoms with van der Waals surface area (Å²) in [7, 11) is -4.82. The summed E-state index contributed by atoms with van der Waals surface area (Å²) in [6.45, 7) is 0. The summed E-state index contributed by atoms with van der Waals surface area (Å²) in [4.78, 5) is 24.5. The zero-order valence-electron chi connectivity index (χ0n) is 4.11. The first-order valence-electron chi connectivity index (χ1n) is 1.23. The molecule has 0 aromatic carbocycles. The van der Waals surface area contributed by atoms with Crippen molar-refractivity contribution in [2.24, 2.45) is 0 Å². The summed E-state index contributed by atoms with van der Waals surface area (Å²) in [5, 5.41) is 7.49. The first kappa shape index (κ1) is 11.4. The molecule has 0 aliphatic rings. The van der Waals surface area contributed by atoms with Gasteiger partial charge >= 0.3 is 13.3 Å². The molecule has 0 aliphatic carbocycles. The molecule has 0 bridgehead atoms. The van der Waals surface area contributed by atoms with E-state index in [1.165, 1.54) is 0 Å². The molecule has 7 heteroatoms. The van der Waals surface area contributed by atoms with Crippen molar-refractivity contribution in [1.29, 1.82) is 0 Å². The predicted octanol–water partition coefficient (Wildman–Crippen LogP) is -0.539. The van der Waals surface area contributed by atoms with Crippen molar-refractivity contribution >= 4 is 42.9 Å². The van der Waals surface area contributed by atoms with Gasteiger partial charge in [0.2, 0.25) is 0 Å². The van der Waals surface area contributed by atoms with Crippen LogP contribution in [0.2, 0.25) is 0 Å². The molecule has 8 heavy (non-hydrogen) atoms. The van der Waals surface area contributed by atoms with Crippen molar-refractivity contribution in [3.63, 3.8) is 0 Å². The number of carbonyl (C=O) groups is 1. The number of hydrogen-bond acceptors (Lipinski definition) is 2. The molecule has 0 rings (SSSR count). The quantitative estimate of drug-likeness (QED) is 0.343. The average molecular weight is 149 g/mol. The van der Waals surface area contributed by atoms with Crippen LogP contribution < -0.4 is 0 Å². The first-order chi connectivity index (χ1) is 2.94. The van der Waals surface area contributed by atoms with Gasteiger partial charge in [-0.3, -0.25) is 0 Å². The van der Waals surface area contributed by atoms with E-state index < -0.39 is 13.3 Å². The van der Waals surface area contributed by atoms with Crippen molar-refractivity contribution in [3.05, 3.63) is 0 Å². The Morgan fingerprint density at radius 2 is 1.50 bits per heavy atom. The second-order valence-electron chi connectivity index (χ2n) is 0.827. The minimum atomic E-state index is -4.82. The van der Waals surface area contributed by atoms with Crippen molar-refractivity contribution in [2.75, 3.05) is 0 Å². The third-order valence-electron chi connectivity index (χ3n) is 0.249. The summed E-state index contributed by atoms with van der Waals surface area (Å²) in [5.41, 5.74) is -2.09. The molecule has 0 aromatic heterocycles. The second-order valence-corrected chi connectivity index (χ2v) is 2.30. The zero-order valence-corrected chi connectivity index (χ0v) is 7.00. The van der Waals surface area contributed by atoms with Crippen molar-refractivity contribution in [2.45, 2.75) is 0 Å². The van der Waals surface area contributed by atoms with Gasteiger partial charge in [-0.2, -0.15) is 0 Å². The van der Waals surface area contributed by atoms with Crippen LogP contribution in [0.5, 0.6) is 0 Å². The van der Waals surface area contributed by atoms with E-state index in [1.54, 1.807) is 0 Å². The number of rotatable bonds is 1. The Morgan fingerprint density at radius 1 is 1.38 bits per heavy atom. The van der Waals surface area contributed by atoms with Crippen LogP contribution in [-0.4, -0.2) is 50.2 Å². The molecule has 5 nitrogen and oxygen atoms in total. The van der Waals surface area contributed by atoms with Gasteiger partial charge in [0.1, 0.15) is 0 Å². The Balaban J connectivity index is 0. The van der Waals surface area contributed by atoms with E-state index in [4.69, 9.17) is 14.9 Å². The maximum atomic E-state index is 9.43. The van der Waals surface area contributed by atoms with Crippen LogP contribution in [0, 0.1) is 0 Å². The molecule has 0 spiro atoms. The van der Waals surface area contributed by atoms with Gasteiger partial charge in [-0.15, -0.1) is 0 Å². The van der Waals surface area contributed by atoms with Gasteiger partial charge in [0.05, 0.1) is 0 Å². The smallest absolute Gasteiger partial charge is 0.433 e. The van der Waals surface area contributed by atoms with Crippen LogP contribution >= 0.6 is 7.60 Å². The second kappa shape index (κ2) is 3.61. The van der Waals surface area contributed by atoms with Gasteiger partial charge in [-0.25, -0.2) is 9.36 Å². The van der Waals surface area contributed by atoms with E-state index in [0.29, 0.717) is 0 Å². The SMILES string of the molecule is O=C(O)P(=O)(O)O.[Na]. The molecule has 1 radical (unpaired) electrons. The van der Waals surface area contributed by atoms with E-state index in [0.717, 1.165) is 0 Å². The summed E-state index contributed by atoms with van der Waals surface area (Å²) in [5.74, 6) is 0. The largest absolute Gasteiger partial charge is 0.472 e. The monoisotopic (exact) mass is 149 g/mol. The maximum Gasteiger partial charge on any atom is 0.433 e. The van der Waals surface area contributed by atoms with E-state index >= 15 is 0 Å². The third kappa shape index (κ3) is 4.77. The molecular weight excluding hydrogens is 146 g/mol. The molecule has 3 N–H and O–H groups in total. The van der Waals surface area contributed by atoms with E-state index in [9.17, 15) is 9.36 Å². The minimum Gasteiger partial charge on any atom is -0.472 e. The standard InChI is InChI=1S/CH3O5P.Na/c2-1(3)7(4,5)6;/h(H,2,3)(H2,4,5,6);. The molecular formula is CH3NaO5P. The Hall–Kier alpha value is 0.620. The number of hydrogen-bond donors (Lipinski definition) is 3. The molecule has 0 aromatic rings. The third-order valence-corrected chi connectivity index (χ3v) is 0.748. The van der Waals surface area contributed by atoms with E-state index in [2.05, 4.69) is 0 Å². The molecule has 0 heterocycles. The molecule has 0 saturated carbocycles. The first-order valence-corrected chi connectivity index (χ1v) is 2.85. The predicted molar refractivity (Wildman–Crippen MR) is 25.8 cm³/mol. The number of carboxylic acid groups (broad SMARTS) is 1. The Morgan fingerprint density at radius 3 is 1.50 bits per heavy atom. The van der Waals surface area contributed by atoms with Gasteiger partial charge in [-0.05, 0) is 0 Å². The van der Waals surface area contributed by atoms with Crippen molar-refractivity contribution in [1.82, 2.24) is 0 Å². The van der Waals surface area contributed by atoms with Crippen molar-refractivity contribution < 1.29 is 24.3 Å². The summed E-state index contributed by atoms with van der Waals surface area (Å²) in [6, 6.07) is 0. The fourth-order valence-electron chi connectivity index (χ4n) is 0. The van der Waals surface area contributed by atoms with Crippen LogP contribution in [0.4, 0.5) is 4.79 Å². The van der Waals surface area contributed by atoms with Crippen LogP contribution in [-0.2, 0) is 4.57 Å². The van der Waals surface area contributed by atoms with E-state index in [-0.39, 0.29) is 29.6 Å². The van der Waals surface area contributed by atoms with Gasteiger partial charge in [0.25, 0.3) is 0 Å². The molecule has 0 unspecified atom stereocenters. The van der Waals surface area contributed by atoms with Crippen molar-refractivity contribution in [3.8, 4) is 0 Å². The molecule has 0 amide bonds. The van der Waals surface area contributed by atoms with Gasteiger partial charge in [0, 0.05) is 29.6 Å². The minimum absolute atomic E-state index is 0. The van der Waals surface area contributed by atoms with Crippen LogP contribution in [0.25, 0.3) is 0 Å². The Labute approximate surface area is 67.2 Å². The Kier molecular flexibility index (Phi) is 5.15. The topological polar surface area (TPSA) is 94.8 Å². The zero-order chi connectivity index (χ0) is 6.08. The summed E-state index contributed by atoms with van der Waals surface area (Å²) < 4.78 is 9.43. The van der Waals surface area contributed by atoms with Crippen LogP contribution in [0.1, 0.15) is 0 Å². The van der Waals surface area contributed by atoms with Crippen LogP contribution in [0.3, 0.4) is 0 Å². The van der Waals surface area contributed by atoms with Gasteiger partial charge < -0.3 is 14.9 Å². The van der Waals surface area contributed by atoms with Gasteiger partial charge in [0.15, 0.2) is 0 Å². The molecule has 43 valence electrons. The van der Waals surface area contributed by atoms with E-state index in [1.807, 2.05) is 0 Å². The van der Waals surface area contributed by atoms with Gasteiger partial charge in [-0.1, -0.05) is 0 Å². The molecule has 0 fully saturated rings. The molecule has 0 aliphatic heterocycles. The summed E-state index contributed by atoms with van der Waals surface area (Å²) >= 11 is 0. The normalized spacial score (nSPS) is 9.75. The average Bonchev–Trinajstić information content (AvgIpc) is 1.31. The fraction of sp³-hybridized carbons (Fsp3) is 0. The molecule has 0 atom stereocenters. The van der Waals surface area contributed by atoms with Crippen LogP contribution in [0.15, 0.2) is 0 Å². The Bertz CT molecular complexity index is 124. The maximum absolute atomic E-state index is 9.43. The summed E-state index contributed by atoms with van der Waals surface area (Å²) in [6.07, 6.45) is 0. The fourth-order valence-corrected chi connectivity index (χ4v) is 0.